The van der Waals surface area contributed by atoms with Crippen LogP contribution in [0.15, 0.2) is 18.2 Å². The number of nitrogens with two attached hydrogens (primary N) is 1. The van der Waals surface area contributed by atoms with Gasteiger partial charge in [0.1, 0.15) is 0 Å². The average molecular weight is 211 g/mol. The van der Waals surface area contributed by atoms with Crippen LogP contribution in [0.1, 0.15) is 22.8 Å². The Kier molecular flexibility index (Phi) is 3.83. The maximum absolute atomic E-state index is 10.9. The van der Waals surface area contributed by atoms with Gasteiger partial charge < -0.3 is 10.8 Å². The number of carboxylic acids is 1. The molecule has 0 aromatic heterocycles. The monoisotopic (exact) mass is 211 g/mol. The highest BCUT2D eigenvalue weighted by atomic mass is 32.2. The zero-order chi connectivity index (χ0) is 10.6. The molecule has 0 spiro atoms. The van der Waals surface area contributed by atoms with E-state index in [9.17, 15) is 4.79 Å². The molecule has 3 nitrogen and oxygen atoms in total. The van der Waals surface area contributed by atoms with E-state index in [0.717, 1.165) is 11.3 Å². The van der Waals surface area contributed by atoms with Crippen LogP contribution in [0.3, 0.4) is 0 Å². The molecule has 0 saturated carbocycles. The Morgan fingerprint density at radius 2 is 2.29 bits per heavy atom. The summed E-state index contributed by atoms with van der Waals surface area (Å²) in [5, 5.41) is 8.96. The second-order valence-corrected chi connectivity index (χ2v) is 4.10. The Balaban J connectivity index is 3.02. The van der Waals surface area contributed by atoms with Gasteiger partial charge in [-0.3, -0.25) is 0 Å². The van der Waals surface area contributed by atoms with Crippen molar-refractivity contribution in [3.8, 4) is 0 Å². The number of carboxylic acid groups (broad SMARTS) is 1. The molecule has 0 amide bonds. The smallest absolute Gasteiger partial charge is 0.338 e. The van der Waals surface area contributed by atoms with Crippen LogP contribution < -0.4 is 5.73 Å². The summed E-state index contributed by atoms with van der Waals surface area (Å²) < 4.78 is 0. The SMILES string of the molecule is CCSCc1cccc(N)c1C(=O)O. The molecular weight excluding hydrogens is 198 g/mol. The van der Waals surface area contributed by atoms with E-state index in [1.54, 1.807) is 23.9 Å². The molecule has 0 radical (unpaired) electrons. The Morgan fingerprint density at radius 3 is 2.86 bits per heavy atom. The van der Waals surface area contributed by atoms with Crippen molar-refractivity contribution in [2.45, 2.75) is 12.7 Å². The summed E-state index contributed by atoms with van der Waals surface area (Å²) in [7, 11) is 0. The molecule has 14 heavy (non-hydrogen) atoms. The standard InChI is InChI=1S/C10H13NO2S/c1-2-14-6-7-4-3-5-8(11)9(7)10(12)13/h3-5H,2,6,11H2,1H3,(H,12,13). The lowest BCUT2D eigenvalue weighted by molar-refractivity contribution is 0.0697. The number of thioether (sulfide) groups is 1. The Labute approximate surface area is 87.3 Å². The first-order chi connectivity index (χ1) is 6.66. The van der Waals surface area contributed by atoms with Crippen LogP contribution in [0, 0.1) is 0 Å². The largest absolute Gasteiger partial charge is 0.478 e. The molecule has 1 aromatic rings. The molecule has 0 heterocycles. The normalized spacial score (nSPS) is 10.1. The van der Waals surface area contributed by atoms with Crippen molar-refractivity contribution >= 4 is 23.4 Å². The van der Waals surface area contributed by atoms with Crippen LogP contribution in [0.2, 0.25) is 0 Å². The molecule has 76 valence electrons. The molecule has 1 rings (SSSR count). The highest BCUT2D eigenvalue weighted by Gasteiger charge is 2.12. The van der Waals surface area contributed by atoms with E-state index >= 15 is 0 Å². The number of carbonyl (C=O) groups is 1. The molecule has 4 heteroatoms. The number of aromatic carboxylic acids is 1. The van der Waals surface area contributed by atoms with E-state index in [4.69, 9.17) is 10.8 Å². The molecule has 0 saturated heterocycles. The fraction of sp³-hybridized carbons (Fsp3) is 0.300. The van der Waals surface area contributed by atoms with Crippen molar-refractivity contribution in [3.05, 3.63) is 29.3 Å². The lowest BCUT2D eigenvalue weighted by Gasteiger charge is -2.07. The van der Waals surface area contributed by atoms with E-state index < -0.39 is 5.97 Å². The first-order valence-electron chi connectivity index (χ1n) is 4.35. The van der Waals surface area contributed by atoms with Gasteiger partial charge in [0, 0.05) is 11.4 Å². The Morgan fingerprint density at radius 1 is 1.57 bits per heavy atom. The molecule has 1 aromatic carbocycles. The van der Waals surface area contributed by atoms with E-state index in [0.29, 0.717) is 11.4 Å². The van der Waals surface area contributed by atoms with Crippen molar-refractivity contribution in [2.24, 2.45) is 0 Å². The Hall–Kier alpha value is -1.16. The predicted molar refractivity (Wildman–Crippen MR) is 59.6 cm³/mol. The van der Waals surface area contributed by atoms with Gasteiger partial charge in [0.2, 0.25) is 0 Å². The molecule has 0 unspecified atom stereocenters. The predicted octanol–water partition coefficient (Wildman–Crippen LogP) is 2.22. The first kappa shape index (κ1) is 10.9. The summed E-state index contributed by atoms with van der Waals surface area (Å²) in [4.78, 5) is 10.9. The zero-order valence-corrected chi connectivity index (χ0v) is 8.80. The minimum atomic E-state index is -0.949. The summed E-state index contributed by atoms with van der Waals surface area (Å²) >= 11 is 1.68. The van der Waals surface area contributed by atoms with Crippen molar-refractivity contribution in [1.29, 1.82) is 0 Å². The number of hydrogen-bond donors (Lipinski definition) is 2. The van der Waals surface area contributed by atoms with Crippen molar-refractivity contribution in [2.75, 3.05) is 11.5 Å². The first-order valence-corrected chi connectivity index (χ1v) is 5.50. The minimum Gasteiger partial charge on any atom is -0.478 e. The van der Waals surface area contributed by atoms with Crippen LogP contribution >= 0.6 is 11.8 Å². The zero-order valence-electron chi connectivity index (χ0n) is 7.99. The number of rotatable bonds is 4. The second-order valence-electron chi connectivity index (χ2n) is 2.82. The van der Waals surface area contributed by atoms with Gasteiger partial charge in [-0.25, -0.2) is 4.79 Å². The van der Waals surface area contributed by atoms with Crippen molar-refractivity contribution in [3.63, 3.8) is 0 Å². The van der Waals surface area contributed by atoms with Gasteiger partial charge in [0.15, 0.2) is 0 Å². The van der Waals surface area contributed by atoms with Gasteiger partial charge in [-0.2, -0.15) is 11.8 Å². The van der Waals surface area contributed by atoms with Crippen LogP contribution in [-0.4, -0.2) is 16.8 Å². The molecule has 0 aliphatic carbocycles. The van der Waals surface area contributed by atoms with Gasteiger partial charge in [0.05, 0.1) is 5.56 Å². The van der Waals surface area contributed by atoms with Crippen LogP contribution in [0.5, 0.6) is 0 Å². The molecular formula is C10H13NO2S. The number of anilines is 1. The van der Waals surface area contributed by atoms with E-state index in [2.05, 4.69) is 0 Å². The third-order valence-electron chi connectivity index (χ3n) is 1.86. The molecule has 0 aliphatic heterocycles. The van der Waals surface area contributed by atoms with Crippen LogP contribution in [-0.2, 0) is 5.75 Å². The molecule has 0 fully saturated rings. The van der Waals surface area contributed by atoms with Crippen molar-refractivity contribution < 1.29 is 9.90 Å². The topological polar surface area (TPSA) is 63.3 Å². The van der Waals surface area contributed by atoms with Gasteiger partial charge in [-0.1, -0.05) is 19.1 Å². The van der Waals surface area contributed by atoms with Gasteiger partial charge >= 0.3 is 5.97 Å². The highest BCUT2D eigenvalue weighted by Crippen LogP contribution is 2.21. The summed E-state index contributed by atoms with van der Waals surface area (Å²) in [6.45, 7) is 2.04. The third-order valence-corrected chi connectivity index (χ3v) is 2.78. The fourth-order valence-corrected chi connectivity index (χ4v) is 1.88. The minimum absolute atomic E-state index is 0.244. The van der Waals surface area contributed by atoms with Gasteiger partial charge in [-0.15, -0.1) is 0 Å². The Bertz CT molecular complexity index is 339. The number of benzene rings is 1. The quantitative estimate of drug-likeness (QED) is 0.749. The maximum Gasteiger partial charge on any atom is 0.338 e. The maximum atomic E-state index is 10.9. The molecule has 0 bridgehead atoms. The van der Waals surface area contributed by atoms with Gasteiger partial charge in [-0.05, 0) is 17.4 Å². The highest BCUT2D eigenvalue weighted by molar-refractivity contribution is 7.98. The number of hydrogen-bond acceptors (Lipinski definition) is 3. The van der Waals surface area contributed by atoms with E-state index in [1.807, 2.05) is 13.0 Å². The van der Waals surface area contributed by atoms with Crippen molar-refractivity contribution in [1.82, 2.24) is 0 Å². The molecule has 0 atom stereocenters. The summed E-state index contributed by atoms with van der Waals surface area (Å²) in [6.07, 6.45) is 0. The summed E-state index contributed by atoms with van der Waals surface area (Å²) in [6, 6.07) is 5.21. The lowest BCUT2D eigenvalue weighted by atomic mass is 10.1. The fourth-order valence-electron chi connectivity index (χ4n) is 1.21. The summed E-state index contributed by atoms with van der Waals surface area (Å²) in [5.74, 6) is 0.714. The molecule has 0 aliphatic rings. The third kappa shape index (κ3) is 2.42. The average Bonchev–Trinajstić information content (AvgIpc) is 2.14. The summed E-state index contributed by atoms with van der Waals surface area (Å²) in [5.41, 5.74) is 6.98. The van der Waals surface area contributed by atoms with Crippen LogP contribution in [0.4, 0.5) is 5.69 Å². The van der Waals surface area contributed by atoms with E-state index in [1.165, 1.54) is 0 Å². The van der Waals surface area contributed by atoms with Crippen LogP contribution in [0.25, 0.3) is 0 Å². The lowest BCUT2D eigenvalue weighted by Crippen LogP contribution is -2.06. The number of nitrogen functional groups attached to an aromatic ring is 1. The second kappa shape index (κ2) is 4.91. The van der Waals surface area contributed by atoms with Gasteiger partial charge in [0.25, 0.3) is 0 Å². The van der Waals surface area contributed by atoms with E-state index in [-0.39, 0.29) is 5.56 Å². The molecule has 3 N–H and O–H groups in total.